The first kappa shape index (κ1) is 30.7. The molecule has 0 aliphatic heterocycles. The van der Waals surface area contributed by atoms with Gasteiger partial charge in [-0.25, -0.2) is 0 Å². The van der Waals surface area contributed by atoms with Gasteiger partial charge in [0, 0.05) is 43.4 Å². The van der Waals surface area contributed by atoms with E-state index >= 15 is 0 Å². The number of rotatable bonds is 6. The number of fused-ring (bicyclic) bond motifs is 1. The second kappa shape index (κ2) is 13.1. The van der Waals surface area contributed by atoms with Crippen LogP contribution in [0.2, 0.25) is 0 Å². The summed E-state index contributed by atoms with van der Waals surface area (Å²) in [5.74, 6) is 0.161. The summed E-state index contributed by atoms with van der Waals surface area (Å²) in [7, 11) is 0. The zero-order valence-corrected chi connectivity index (χ0v) is 25.0. The average Bonchev–Trinajstić information content (AvgIpc) is 2.77. The minimum Gasteiger partial charge on any atom is -0.512 e. The van der Waals surface area contributed by atoms with Crippen LogP contribution in [0.5, 0.6) is 0 Å². The van der Waals surface area contributed by atoms with E-state index in [1.54, 1.807) is 0 Å². The first-order valence-corrected chi connectivity index (χ1v) is 12.2. The Kier molecular flexibility index (Phi) is 11.5. The van der Waals surface area contributed by atoms with Crippen molar-refractivity contribution in [3.8, 4) is 11.3 Å². The van der Waals surface area contributed by atoms with E-state index in [2.05, 4.69) is 83.1 Å². The quantitative estimate of drug-likeness (QED) is 0.166. The van der Waals surface area contributed by atoms with E-state index in [4.69, 9.17) is 4.98 Å². The standard InChI is InChI=1S/C22H24N.C9H16O2.Ir/c1-6-22(4,5)19-8-7-9-21-18(19)10-11-20(23-21)17-13-15(2)12-16(3)14-17;1-6(2)8(10)5-9(11)7(3)4;/h7-13H,6H2,1-5H3;5-7,10H,1-4H3;/q-1;;/b;8-5-;. The third-order valence-corrected chi connectivity index (χ3v) is 6.22. The fraction of sp³-hybridized carbons (Fsp3) is 0.419. The third kappa shape index (κ3) is 8.40. The van der Waals surface area contributed by atoms with Gasteiger partial charge in [0.25, 0.3) is 0 Å². The van der Waals surface area contributed by atoms with Crippen molar-refractivity contribution in [3.05, 3.63) is 77.1 Å². The first-order chi connectivity index (χ1) is 15.9. The number of carbonyl (C=O) groups is 1. The van der Waals surface area contributed by atoms with E-state index in [0.717, 1.165) is 28.8 Å². The molecule has 0 aliphatic carbocycles. The number of aryl methyl sites for hydroxylation is 2. The molecule has 1 radical (unpaired) electrons. The molecule has 3 rings (SSSR count). The average molecular weight is 651 g/mol. The Morgan fingerprint density at radius 2 is 1.71 bits per heavy atom. The molecule has 35 heavy (non-hydrogen) atoms. The molecule has 0 fully saturated rings. The second-order valence-corrected chi connectivity index (χ2v) is 10.3. The molecule has 1 heterocycles. The summed E-state index contributed by atoms with van der Waals surface area (Å²) in [6.45, 7) is 18.4. The van der Waals surface area contributed by atoms with E-state index in [1.807, 2.05) is 27.7 Å². The Morgan fingerprint density at radius 3 is 2.26 bits per heavy atom. The zero-order chi connectivity index (χ0) is 25.6. The van der Waals surface area contributed by atoms with Crippen LogP contribution in [0, 0.1) is 31.7 Å². The smallest absolute Gasteiger partial charge is 0.161 e. The molecule has 4 heteroatoms. The van der Waals surface area contributed by atoms with Gasteiger partial charge in [-0.05, 0) is 29.2 Å². The summed E-state index contributed by atoms with van der Waals surface area (Å²) >= 11 is 0. The number of ketones is 1. The van der Waals surface area contributed by atoms with Crippen LogP contribution in [-0.2, 0) is 30.3 Å². The van der Waals surface area contributed by atoms with Crippen LogP contribution in [0.15, 0.2) is 54.3 Å². The molecule has 0 saturated heterocycles. The molecule has 0 saturated carbocycles. The molecule has 191 valence electrons. The number of nitrogens with zero attached hydrogens (tertiary/aromatic N) is 1. The molecule has 0 bridgehead atoms. The van der Waals surface area contributed by atoms with Gasteiger partial charge >= 0.3 is 0 Å². The van der Waals surface area contributed by atoms with Gasteiger partial charge in [-0.1, -0.05) is 86.6 Å². The summed E-state index contributed by atoms with van der Waals surface area (Å²) in [4.78, 5) is 15.9. The third-order valence-electron chi connectivity index (χ3n) is 6.22. The van der Waals surface area contributed by atoms with E-state index < -0.39 is 0 Å². The Morgan fingerprint density at radius 1 is 1.06 bits per heavy atom. The number of aliphatic hydroxyl groups excluding tert-OH is 1. The van der Waals surface area contributed by atoms with Crippen molar-refractivity contribution in [2.75, 3.05) is 0 Å². The number of hydrogen-bond acceptors (Lipinski definition) is 3. The largest absolute Gasteiger partial charge is 0.512 e. The maximum Gasteiger partial charge on any atom is 0.161 e. The Balaban J connectivity index is 0.000000437. The van der Waals surface area contributed by atoms with Crippen molar-refractivity contribution in [1.29, 1.82) is 0 Å². The number of aromatic nitrogens is 1. The molecular formula is C31H40IrNO2-. The summed E-state index contributed by atoms with van der Waals surface area (Å²) in [5, 5.41) is 10.4. The normalized spacial score (nSPS) is 11.8. The van der Waals surface area contributed by atoms with Gasteiger partial charge in [-0.3, -0.25) is 9.78 Å². The van der Waals surface area contributed by atoms with Crippen LogP contribution >= 0.6 is 0 Å². The van der Waals surface area contributed by atoms with Gasteiger partial charge in [0.15, 0.2) is 5.78 Å². The predicted octanol–water partition coefficient (Wildman–Crippen LogP) is 8.31. The van der Waals surface area contributed by atoms with Crippen molar-refractivity contribution in [2.24, 2.45) is 11.8 Å². The summed E-state index contributed by atoms with van der Waals surface area (Å²) in [5.41, 5.74) is 7.08. The molecule has 2 aromatic carbocycles. The molecule has 3 nitrogen and oxygen atoms in total. The molecular weight excluding hydrogens is 611 g/mol. The predicted molar refractivity (Wildman–Crippen MR) is 144 cm³/mol. The minimum atomic E-state index is -0.0316. The van der Waals surface area contributed by atoms with E-state index in [0.29, 0.717) is 0 Å². The van der Waals surface area contributed by atoms with Crippen molar-refractivity contribution >= 4 is 16.7 Å². The topological polar surface area (TPSA) is 50.2 Å². The zero-order valence-electron chi connectivity index (χ0n) is 22.6. The molecule has 0 aliphatic rings. The van der Waals surface area contributed by atoms with Crippen LogP contribution in [0.1, 0.15) is 71.6 Å². The number of benzene rings is 2. The molecule has 1 N–H and O–H groups in total. The maximum atomic E-state index is 11.0. The van der Waals surface area contributed by atoms with Gasteiger partial charge in [-0.2, -0.15) is 0 Å². The summed E-state index contributed by atoms with van der Waals surface area (Å²) < 4.78 is 0. The fourth-order valence-electron chi connectivity index (χ4n) is 3.60. The van der Waals surface area contributed by atoms with Crippen LogP contribution in [0.3, 0.4) is 0 Å². The maximum absolute atomic E-state index is 11.0. The number of hydrogen-bond donors (Lipinski definition) is 1. The minimum absolute atomic E-state index is 0. The van der Waals surface area contributed by atoms with Gasteiger partial charge in [-0.15, -0.1) is 34.9 Å². The Labute approximate surface area is 225 Å². The molecule has 0 unspecified atom stereocenters. The van der Waals surface area contributed by atoms with E-state index in [-0.39, 0.29) is 48.9 Å². The van der Waals surface area contributed by atoms with Crippen LogP contribution in [0.4, 0.5) is 0 Å². The molecule has 0 amide bonds. The van der Waals surface area contributed by atoms with Crippen molar-refractivity contribution in [1.82, 2.24) is 4.98 Å². The van der Waals surface area contributed by atoms with Gasteiger partial charge in [0.05, 0.1) is 11.3 Å². The van der Waals surface area contributed by atoms with Crippen molar-refractivity contribution in [3.63, 3.8) is 0 Å². The van der Waals surface area contributed by atoms with Gasteiger partial charge in [0.2, 0.25) is 0 Å². The van der Waals surface area contributed by atoms with Gasteiger partial charge in [0.1, 0.15) is 0 Å². The SMILES string of the molecule is CC(C)C(=O)/C=C(\O)C(C)C.CCC(C)(C)c1cccc2nc(-c3[c-]c(C)cc(C)c3)ccc12.[Ir]. The van der Waals surface area contributed by atoms with Crippen LogP contribution < -0.4 is 0 Å². The summed E-state index contributed by atoms with van der Waals surface area (Å²) in [6.07, 6.45) is 2.42. The van der Waals surface area contributed by atoms with Crippen LogP contribution in [0.25, 0.3) is 22.2 Å². The number of aliphatic hydroxyl groups is 1. The van der Waals surface area contributed by atoms with E-state index in [1.165, 1.54) is 22.6 Å². The number of pyridine rings is 1. The monoisotopic (exact) mass is 651 g/mol. The molecule has 0 spiro atoms. The first-order valence-electron chi connectivity index (χ1n) is 12.2. The Bertz CT molecular complexity index is 1160. The summed E-state index contributed by atoms with van der Waals surface area (Å²) in [6, 6.07) is 18.5. The second-order valence-electron chi connectivity index (χ2n) is 10.3. The van der Waals surface area contributed by atoms with E-state index in [9.17, 15) is 9.90 Å². The Hall–Kier alpha value is -2.29. The van der Waals surface area contributed by atoms with Gasteiger partial charge < -0.3 is 5.11 Å². The van der Waals surface area contributed by atoms with Crippen molar-refractivity contribution < 1.29 is 30.0 Å². The number of allylic oxidation sites excluding steroid dienone is 2. The molecule has 0 atom stereocenters. The van der Waals surface area contributed by atoms with Crippen molar-refractivity contribution in [2.45, 2.75) is 74.1 Å². The number of carbonyl (C=O) groups excluding carboxylic acids is 1. The fourth-order valence-corrected chi connectivity index (χ4v) is 3.60. The molecule has 1 aromatic heterocycles. The van der Waals surface area contributed by atoms with Crippen LogP contribution in [-0.4, -0.2) is 15.9 Å². The molecule has 3 aromatic rings.